The van der Waals surface area contributed by atoms with Crippen LogP contribution in [0.2, 0.25) is 0 Å². The Labute approximate surface area is 104 Å². The Morgan fingerprint density at radius 2 is 2.28 bits per heavy atom. The number of rotatable bonds is 4. The summed E-state index contributed by atoms with van der Waals surface area (Å²) < 4.78 is 23.5. The number of aromatic nitrogens is 2. The summed E-state index contributed by atoms with van der Waals surface area (Å²) in [6, 6.07) is 4.00. The van der Waals surface area contributed by atoms with Crippen molar-refractivity contribution in [3.8, 4) is 5.75 Å². The lowest BCUT2D eigenvalue weighted by Gasteiger charge is -2.12. The van der Waals surface area contributed by atoms with Crippen LogP contribution in [-0.2, 0) is 6.61 Å². The second kappa shape index (κ2) is 5.14. The van der Waals surface area contributed by atoms with Gasteiger partial charge in [-0.1, -0.05) is 11.2 Å². The van der Waals surface area contributed by atoms with E-state index >= 15 is 0 Å². The molecule has 6 heteroatoms. The van der Waals surface area contributed by atoms with Gasteiger partial charge >= 0.3 is 0 Å². The largest absolute Gasteiger partial charge is 0.483 e. The molecule has 5 nitrogen and oxygen atoms in total. The lowest BCUT2D eigenvalue weighted by molar-refractivity contribution is 0.239. The Kier molecular flexibility index (Phi) is 3.57. The highest BCUT2D eigenvalue weighted by atomic mass is 19.1. The van der Waals surface area contributed by atoms with Gasteiger partial charge in [0.25, 0.3) is 5.89 Å². The highest BCUT2D eigenvalue weighted by molar-refractivity contribution is 5.36. The van der Waals surface area contributed by atoms with Crippen molar-refractivity contribution in [3.05, 3.63) is 41.3 Å². The highest BCUT2D eigenvalue weighted by Crippen LogP contribution is 2.25. The van der Waals surface area contributed by atoms with Crippen LogP contribution in [-0.4, -0.2) is 10.1 Å². The number of aryl methyl sites for hydroxylation is 1. The predicted molar refractivity (Wildman–Crippen MR) is 62.4 cm³/mol. The van der Waals surface area contributed by atoms with E-state index in [-0.39, 0.29) is 18.5 Å². The number of nitrogens with two attached hydrogens (primary N) is 1. The van der Waals surface area contributed by atoms with Crippen LogP contribution in [0.1, 0.15) is 30.2 Å². The minimum Gasteiger partial charge on any atom is -0.483 e. The maximum absolute atomic E-state index is 13.2. The van der Waals surface area contributed by atoms with Crippen LogP contribution in [0.5, 0.6) is 5.75 Å². The van der Waals surface area contributed by atoms with E-state index in [1.165, 1.54) is 12.1 Å². The first-order valence-electron chi connectivity index (χ1n) is 5.53. The third-order valence-electron chi connectivity index (χ3n) is 2.39. The Morgan fingerprint density at radius 1 is 1.50 bits per heavy atom. The number of hydrogen-bond acceptors (Lipinski definition) is 5. The van der Waals surface area contributed by atoms with E-state index in [4.69, 9.17) is 15.0 Å². The van der Waals surface area contributed by atoms with Crippen LogP contribution in [0.25, 0.3) is 0 Å². The van der Waals surface area contributed by atoms with E-state index in [1.54, 1.807) is 19.9 Å². The Morgan fingerprint density at radius 3 is 2.89 bits per heavy atom. The van der Waals surface area contributed by atoms with Crippen molar-refractivity contribution in [2.75, 3.05) is 0 Å². The van der Waals surface area contributed by atoms with Gasteiger partial charge in [-0.15, -0.1) is 0 Å². The van der Waals surface area contributed by atoms with Gasteiger partial charge in [0, 0.05) is 17.7 Å². The molecule has 0 amide bonds. The molecule has 0 fully saturated rings. The fourth-order valence-electron chi connectivity index (χ4n) is 1.55. The molecule has 1 aromatic heterocycles. The molecule has 0 unspecified atom stereocenters. The van der Waals surface area contributed by atoms with E-state index in [0.717, 1.165) is 5.56 Å². The molecule has 0 aliphatic carbocycles. The summed E-state index contributed by atoms with van der Waals surface area (Å²) in [4.78, 5) is 3.99. The van der Waals surface area contributed by atoms with Crippen molar-refractivity contribution >= 4 is 0 Å². The third kappa shape index (κ3) is 2.84. The van der Waals surface area contributed by atoms with Crippen LogP contribution in [0.4, 0.5) is 4.39 Å². The topological polar surface area (TPSA) is 74.2 Å². The summed E-state index contributed by atoms with van der Waals surface area (Å²) in [5.41, 5.74) is 6.51. The smallest absolute Gasteiger partial charge is 0.264 e. The second-order valence-electron chi connectivity index (χ2n) is 3.99. The van der Waals surface area contributed by atoms with E-state index in [1.807, 2.05) is 0 Å². The van der Waals surface area contributed by atoms with Gasteiger partial charge in [-0.25, -0.2) is 4.39 Å². The molecule has 96 valence electrons. The van der Waals surface area contributed by atoms with E-state index < -0.39 is 0 Å². The maximum atomic E-state index is 13.2. The van der Waals surface area contributed by atoms with E-state index in [9.17, 15) is 4.39 Å². The van der Waals surface area contributed by atoms with Crippen molar-refractivity contribution in [1.29, 1.82) is 0 Å². The Bertz CT molecular complexity index is 540. The number of hydrogen-bond donors (Lipinski definition) is 1. The summed E-state index contributed by atoms with van der Waals surface area (Å²) in [7, 11) is 0. The minimum absolute atomic E-state index is 0.0873. The number of benzene rings is 1. The van der Waals surface area contributed by atoms with Gasteiger partial charge in [0.1, 0.15) is 11.6 Å². The van der Waals surface area contributed by atoms with Crippen molar-refractivity contribution in [2.45, 2.75) is 26.5 Å². The summed E-state index contributed by atoms with van der Waals surface area (Å²) in [5, 5.41) is 3.64. The Hall–Kier alpha value is -1.95. The average molecular weight is 251 g/mol. The van der Waals surface area contributed by atoms with Crippen molar-refractivity contribution in [1.82, 2.24) is 10.1 Å². The molecule has 0 radical (unpaired) electrons. The molecule has 18 heavy (non-hydrogen) atoms. The summed E-state index contributed by atoms with van der Waals surface area (Å²) >= 11 is 0. The molecule has 0 saturated carbocycles. The van der Waals surface area contributed by atoms with Gasteiger partial charge in [-0.2, -0.15) is 4.98 Å². The second-order valence-corrected chi connectivity index (χ2v) is 3.99. The van der Waals surface area contributed by atoms with Gasteiger partial charge in [-0.05, 0) is 19.9 Å². The molecular weight excluding hydrogens is 237 g/mol. The molecule has 0 bridgehead atoms. The quantitative estimate of drug-likeness (QED) is 0.900. The van der Waals surface area contributed by atoms with Gasteiger partial charge in [0.15, 0.2) is 12.4 Å². The average Bonchev–Trinajstić information content (AvgIpc) is 2.72. The predicted octanol–water partition coefficient (Wildman–Crippen LogP) is 2.12. The Balaban J connectivity index is 2.15. The van der Waals surface area contributed by atoms with Gasteiger partial charge < -0.3 is 15.0 Å². The monoisotopic (exact) mass is 251 g/mol. The molecule has 0 aliphatic heterocycles. The molecular formula is C12H14FN3O2. The van der Waals surface area contributed by atoms with Crippen molar-refractivity contribution in [3.63, 3.8) is 0 Å². The van der Waals surface area contributed by atoms with Crippen molar-refractivity contribution < 1.29 is 13.7 Å². The number of halogens is 1. The zero-order valence-corrected chi connectivity index (χ0v) is 10.2. The molecule has 2 rings (SSSR count). The van der Waals surface area contributed by atoms with E-state index in [2.05, 4.69) is 10.1 Å². The fraction of sp³-hybridized carbons (Fsp3) is 0.333. The van der Waals surface area contributed by atoms with Crippen LogP contribution >= 0.6 is 0 Å². The first kappa shape index (κ1) is 12.5. The van der Waals surface area contributed by atoms with Crippen LogP contribution in [0, 0.1) is 12.7 Å². The van der Waals surface area contributed by atoms with Crippen molar-refractivity contribution in [2.24, 2.45) is 5.73 Å². The van der Waals surface area contributed by atoms with Gasteiger partial charge in [0.05, 0.1) is 0 Å². The summed E-state index contributed by atoms with van der Waals surface area (Å²) in [6.45, 7) is 3.60. The molecule has 0 aliphatic rings. The maximum Gasteiger partial charge on any atom is 0.264 e. The minimum atomic E-state index is -0.379. The van der Waals surface area contributed by atoms with Gasteiger partial charge in [-0.3, -0.25) is 0 Å². The highest BCUT2D eigenvalue weighted by Gasteiger charge is 2.11. The van der Waals surface area contributed by atoms with Crippen LogP contribution < -0.4 is 10.5 Å². The molecule has 0 spiro atoms. The van der Waals surface area contributed by atoms with E-state index in [0.29, 0.717) is 17.5 Å². The standard InChI is InChI=1S/C12H14FN3O2/c1-7(14)10-4-3-9(13)5-11(10)17-6-12-15-8(2)16-18-12/h3-5,7H,6,14H2,1-2H3/t7-/m0/s1. The first-order chi connectivity index (χ1) is 8.56. The molecule has 0 saturated heterocycles. The van der Waals surface area contributed by atoms with Crippen LogP contribution in [0.3, 0.4) is 0 Å². The fourth-order valence-corrected chi connectivity index (χ4v) is 1.55. The lowest BCUT2D eigenvalue weighted by atomic mass is 10.1. The zero-order chi connectivity index (χ0) is 13.1. The molecule has 1 aromatic carbocycles. The first-order valence-corrected chi connectivity index (χ1v) is 5.53. The molecule has 1 atom stereocenters. The molecule has 1 heterocycles. The zero-order valence-electron chi connectivity index (χ0n) is 10.2. The summed E-state index contributed by atoms with van der Waals surface area (Å²) in [5.74, 6) is 0.879. The SMILES string of the molecule is Cc1noc(COc2cc(F)ccc2[C@H](C)N)n1. The van der Waals surface area contributed by atoms with Crippen LogP contribution in [0.15, 0.2) is 22.7 Å². The van der Waals surface area contributed by atoms with Gasteiger partial charge in [0.2, 0.25) is 0 Å². The summed E-state index contributed by atoms with van der Waals surface area (Å²) in [6.07, 6.45) is 0. The molecule has 2 N–H and O–H groups in total. The third-order valence-corrected chi connectivity index (χ3v) is 2.39. The normalized spacial score (nSPS) is 12.4. The molecule has 2 aromatic rings. The number of ether oxygens (including phenoxy) is 1. The lowest BCUT2D eigenvalue weighted by Crippen LogP contribution is -2.08. The number of nitrogens with zero attached hydrogens (tertiary/aromatic N) is 2.